The fourth-order valence-electron chi connectivity index (χ4n) is 2.26. The molecule has 114 valence electrons. The maximum Gasteiger partial charge on any atom is 0.368 e. The maximum atomic E-state index is 11.0. The van der Waals surface area contributed by atoms with Gasteiger partial charge < -0.3 is 0 Å². The standard InChI is InChI=1S/C18H18O4/c1-3-17(19)21-22-20-14(2)18(15-10-6-4-7-11-15)16-12-8-5-9-13-16/h3-14,18H,1H2,2H3. The summed E-state index contributed by atoms with van der Waals surface area (Å²) in [6.45, 7) is 5.13. The van der Waals surface area contributed by atoms with Crippen LogP contribution >= 0.6 is 0 Å². The Hall–Kier alpha value is -2.43. The lowest BCUT2D eigenvalue weighted by Crippen LogP contribution is -2.21. The quantitative estimate of drug-likeness (QED) is 0.443. The van der Waals surface area contributed by atoms with Gasteiger partial charge in [-0.15, -0.1) is 0 Å². The van der Waals surface area contributed by atoms with Gasteiger partial charge in [-0.25, -0.2) is 4.79 Å². The number of benzene rings is 2. The van der Waals surface area contributed by atoms with Gasteiger partial charge in [0.1, 0.15) is 6.10 Å². The first-order valence-electron chi connectivity index (χ1n) is 6.98. The van der Waals surface area contributed by atoms with Crippen molar-refractivity contribution in [2.45, 2.75) is 18.9 Å². The van der Waals surface area contributed by atoms with Gasteiger partial charge in [-0.05, 0) is 23.1 Å². The largest absolute Gasteiger partial charge is 0.368 e. The van der Waals surface area contributed by atoms with E-state index >= 15 is 0 Å². The van der Waals surface area contributed by atoms with E-state index in [1.807, 2.05) is 67.6 Å². The van der Waals surface area contributed by atoms with E-state index in [1.165, 1.54) is 0 Å². The first kappa shape index (κ1) is 15.9. The Bertz CT molecular complexity index is 555. The molecule has 0 radical (unpaired) electrons. The molecule has 0 saturated carbocycles. The second kappa shape index (κ2) is 8.12. The van der Waals surface area contributed by atoms with E-state index in [4.69, 9.17) is 4.89 Å². The first-order chi connectivity index (χ1) is 10.7. The van der Waals surface area contributed by atoms with Gasteiger partial charge in [0, 0.05) is 12.0 Å². The van der Waals surface area contributed by atoms with Crippen LogP contribution in [0.25, 0.3) is 0 Å². The Morgan fingerprint density at radius 2 is 1.50 bits per heavy atom. The van der Waals surface area contributed by atoms with E-state index in [2.05, 4.69) is 16.5 Å². The molecule has 0 heterocycles. The second-order valence-corrected chi connectivity index (χ2v) is 4.77. The molecule has 2 aromatic carbocycles. The molecule has 0 saturated heterocycles. The van der Waals surface area contributed by atoms with Gasteiger partial charge >= 0.3 is 5.97 Å². The highest BCUT2D eigenvalue weighted by Crippen LogP contribution is 2.29. The lowest BCUT2D eigenvalue weighted by molar-refractivity contribution is -0.499. The summed E-state index contributed by atoms with van der Waals surface area (Å²) in [5.41, 5.74) is 2.17. The van der Waals surface area contributed by atoms with Crippen LogP contribution in [-0.4, -0.2) is 12.1 Å². The predicted molar refractivity (Wildman–Crippen MR) is 82.6 cm³/mol. The Morgan fingerprint density at radius 3 is 1.95 bits per heavy atom. The van der Waals surface area contributed by atoms with Crippen LogP contribution in [0.1, 0.15) is 24.0 Å². The molecular weight excluding hydrogens is 280 g/mol. The minimum absolute atomic E-state index is 0.0511. The summed E-state index contributed by atoms with van der Waals surface area (Å²) in [6.07, 6.45) is 0.641. The second-order valence-electron chi connectivity index (χ2n) is 4.77. The highest BCUT2D eigenvalue weighted by Gasteiger charge is 2.23. The van der Waals surface area contributed by atoms with Crippen LogP contribution in [0.5, 0.6) is 0 Å². The van der Waals surface area contributed by atoms with Crippen molar-refractivity contribution in [2.75, 3.05) is 0 Å². The zero-order valence-electron chi connectivity index (χ0n) is 12.3. The fraction of sp³-hybridized carbons (Fsp3) is 0.167. The van der Waals surface area contributed by atoms with Crippen molar-refractivity contribution in [1.82, 2.24) is 0 Å². The molecule has 0 aromatic heterocycles. The molecule has 2 rings (SSSR count). The van der Waals surface area contributed by atoms with E-state index in [9.17, 15) is 4.79 Å². The van der Waals surface area contributed by atoms with E-state index in [0.29, 0.717) is 0 Å². The average Bonchev–Trinajstić information content (AvgIpc) is 2.57. The van der Waals surface area contributed by atoms with E-state index in [-0.39, 0.29) is 12.0 Å². The summed E-state index contributed by atoms with van der Waals surface area (Å²) in [4.78, 5) is 20.6. The number of hydrogen-bond donors (Lipinski definition) is 0. The molecule has 4 heteroatoms. The van der Waals surface area contributed by atoms with Crippen molar-refractivity contribution in [1.29, 1.82) is 0 Å². The number of carbonyl (C=O) groups is 1. The molecule has 0 fully saturated rings. The molecule has 0 aliphatic heterocycles. The predicted octanol–water partition coefficient (Wildman–Crippen LogP) is 3.80. The topological polar surface area (TPSA) is 44.8 Å². The molecule has 0 aliphatic carbocycles. The molecule has 0 amide bonds. The van der Waals surface area contributed by atoms with Crippen molar-refractivity contribution in [3.63, 3.8) is 0 Å². The van der Waals surface area contributed by atoms with E-state index in [0.717, 1.165) is 17.2 Å². The molecule has 22 heavy (non-hydrogen) atoms. The Balaban J connectivity index is 2.14. The molecule has 4 nitrogen and oxygen atoms in total. The Labute approximate surface area is 129 Å². The van der Waals surface area contributed by atoms with Gasteiger partial charge in [0.25, 0.3) is 0 Å². The molecule has 0 N–H and O–H groups in total. The summed E-state index contributed by atoms with van der Waals surface area (Å²) in [6, 6.07) is 19.9. The van der Waals surface area contributed by atoms with Crippen molar-refractivity contribution >= 4 is 5.97 Å². The number of carbonyl (C=O) groups excluding carboxylic acids is 1. The molecule has 1 atom stereocenters. The fourth-order valence-corrected chi connectivity index (χ4v) is 2.26. The zero-order valence-corrected chi connectivity index (χ0v) is 12.3. The third-order valence-corrected chi connectivity index (χ3v) is 3.26. The molecule has 0 aliphatic rings. The molecular formula is C18H18O4. The van der Waals surface area contributed by atoms with Gasteiger partial charge in [-0.1, -0.05) is 67.2 Å². The monoisotopic (exact) mass is 298 g/mol. The minimum Gasteiger partial charge on any atom is -0.264 e. The van der Waals surface area contributed by atoms with Crippen molar-refractivity contribution in [3.8, 4) is 0 Å². The van der Waals surface area contributed by atoms with Crippen molar-refractivity contribution in [2.24, 2.45) is 0 Å². The lowest BCUT2D eigenvalue weighted by Gasteiger charge is -2.23. The van der Waals surface area contributed by atoms with Crippen LogP contribution in [0.4, 0.5) is 0 Å². The molecule has 0 bridgehead atoms. The third kappa shape index (κ3) is 4.28. The average molecular weight is 298 g/mol. The van der Waals surface area contributed by atoms with Crippen molar-refractivity contribution in [3.05, 3.63) is 84.4 Å². The van der Waals surface area contributed by atoms with E-state index in [1.54, 1.807) is 0 Å². The van der Waals surface area contributed by atoms with Gasteiger partial charge in [0.2, 0.25) is 0 Å². The minimum atomic E-state index is -0.705. The van der Waals surface area contributed by atoms with Crippen LogP contribution in [0.15, 0.2) is 73.3 Å². The van der Waals surface area contributed by atoms with Gasteiger partial charge in [-0.2, -0.15) is 4.89 Å². The van der Waals surface area contributed by atoms with Crippen LogP contribution in [0, 0.1) is 0 Å². The summed E-state index contributed by atoms with van der Waals surface area (Å²) >= 11 is 0. The van der Waals surface area contributed by atoms with Crippen LogP contribution in [0.2, 0.25) is 0 Å². The maximum absolute atomic E-state index is 11.0. The highest BCUT2D eigenvalue weighted by molar-refractivity contribution is 5.80. The first-order valence-corrected chi connectivity index (χ1v) is 6.98. The zero-order chi connectivity index (χ0) is 15.8. The Morgan fingerprint density at radius 1 is 1.00 bits per heavy atom. The summed E-state index contributed by atoms with van der Waals surface area (Å²) < 4.78 is 0. The third-order valence-electron chi connectivity index (χ3n) is 3.26. The van der Waals surface area contributed by atoms with Crippen LogP contribution in [0.3, 0.4) is 0 Å². The molecule has 1 unspecified atom stereocenters. The smallest absolute Gasteiger partial charge is 0.264 e. The summed E-state index contributed by atoms with van der Waals surface area (Å²) in [5.74, 6) is -0.756. The number of rotatable bonds is 7. The lowest BCUT2D eigenvalue weighted by atomic mass is 9.87. The highest BCUT2D eigenvalue weighted by atomic mass is 17.5. The number of hydrogen-bond acceptors (Lipinski definition) is 4. The summed E-state index contributed by atoms with van der Waals surface area (Å²) in [5, 5.41) is 4.55. The van der Waals surface area contributed by atoms with Gasteiger partial charge in [-0.3, -0.25) is 4.89 Å². The van der Waals surface area contributed by atoms with Gasteiger partial charge in [0.15, 0.2) is 0 Å². The van der Waals surface area contributed by atoms with Crippen LogP contribution in [-0.2, 0) is 19.6 Å². The SMILES string of the molecule is C=CC(=O)OOOC(C)C(c1ccccc1)c1ccccc1. The normalized spacial score (nSPS) is 11.9. The summed E-state index contributed by atoms with van der Waals surface area (Å²) in [7, 11) is 0. The van der Waals surface area contributed by atoms with E-state index < -0.39 is 5.97 Å². The Kier molecular flexibility index (Phi) is 5.89. The van der Waals surface area contributed by atoms with Crippen molar-refractivity contribution < 1.29 is 19.6 Å². The van der Waals surface area contributed by atoms with Crippen LogP contribution < -0.4 is 0 Å². The van der Waals surface area contributed by atoms with Gasteiger partial charge in [0.05, 0.1) is 0 Å². The molecule has 0 spiro atoms. The molecule has 2 aromatic rings.